The van der Waals surface area contributed by atoms with Gasteiger partial charge in [0, 0.05) is 19.0 Å². The summed E-state index contributed by atoms with van der Waals surface area (Å²) in [5.41, 5.74) is 0. The maximum Gasteiger partial charge on any atom is 0.320 e. The molecule has 5 heteroatoms. The Morgan fingerprint density at radius 3 is 2.29 bits per heavy atom. The molecule has 82 valence electrons. The lowest BCUT2D eigenvalue weighted by atomic mass is 10.3. The third-order valence-corrected chi connectivity index (χ3v) is 1.62. The van der Waals surface area contributed by atoms with Crippen LogP contribution in [-0.4, -0.2) is 35.6 Å². The van der Waals surface area contributed by atoms with Crippen LogP contribution in [0.4, 0.5) is 0 Å². The van der Waals surface area contributed by atoms with E-state index in [9.17, 15) is 9.59 Å². The molecule has 14 heavy (non-hydrogen) atoms. The van der Waals surface area contributed by atoms with Gasteiger partial charge in [0.05, 0.1) is 0 Å². The van der Waals surface area contributed by atoms with Crippen LogP contribution in [0, 0.1) is 0 Å². The van der Waals surface area contributed by atoms with E-state index in [1.54, 1.807) is 6.92 Å². The number of rotatable bonds is 6. The van der Waals surface area contributed by atoms with E-state index in [1.807, 2.05) is 13.8 Å². The number of carbonyl (C=O) groups is 2. The molecule has 0 heterocycles. The Hall–Kier alpha value is -1.10. The molecule has 3 N–H and O–H groups in total. The lowest BCUT2D eigenvalue weighted by Crippen LogP contribution is -2.37. The summed E-state index contributed by atoms with van der Waals surface area (Å²) in [5.74, 6) is -0.973. The van der Waals surface area contributed by atoms with E-state index in [-0.39, 0.29) is 11.9 Å². The topological polar surface area (TPSA) is 78.4 Å². The molecule has 0 bridgehead atoms. The Kier molecular flexibility index (Phi) is 5.87. The number of carboxylic acids is 1. The lowest BCUT2D eigenvalue weighted by molar-refractivity contribution is -0.139. The van der Waals surface area contributed by atoms with Crippen molar-refractivity contribution in [1.82, 2.24) is 10.6 Å². The Labute approximate surface area is 83.9 Å². The first-order valence-electron chi connectivity index (χ1n) is 4.69. The molecule has 1 unspecified atom stereocenters. The predicted molar refractivity (Wildman–Crippen MR) is 53.0 cm³/mol. The van der Waals surface area contributed by atoms with Gasteiger partial charge in [-0.2, -0.15) is 0 Å². The molecule has 1 amide bonds. The molecule has 0 radical (unpaired) electrons. The lowest BCUT2D eigenvalue weighted by Gasteiger charge is -2.10. The Balaban J connectivity index is 3.54. The van der Waals surface area contributed by atoms with Crippen molar-refractivity contribution in [2.75, 3.05) is 6.54 Å². The molecule has 0 fully saturated rings. The molecular weight excluding hydrogens is 184 g/mol. The van der Waals surface area contributed by atoms with Gasteiger partial charge < -0.3 is 15.7 Å². The van der Waals surface area contributed by atoms with Crippen LogP contribution < -0.4 is 10.6 Å². The van der Waals surface area contributed by atoms with Crippen molar-refractivity contribution in [3.8, 4) is 0 Å². The summed E-state index contributed by atoms with van der Waals surface area (Å²) < 4.78 is 0. The first-order valence-corrected chi connectivity index (χ1v) is 4.69. The van der Waals surface area contributed by atoms with Crippen LogP contribution in [-0.2, 0) is 9.59 Å². The van der Waals surface area contributed by atoms with Gasteiger partial charge in [0.2, 0.25) is 5.91 Å². The Morgan fingerprint density at radius 1 is 1.29 bits per heavy atom. The SMILES string of the molecule is CC(C)NC(=O)CCNC(C)C(=O)O. The van der Waals surface area contributed by atoms with E-state index in [0.29, 0.717) is 13.0 Å². The fourth-order valence-electron chi connectivity index (χ4n) is 0.884. The van der Waals surface area contributed by atoms with Gasteiger partial charge in [-0.3, -0.25) is 9.59 Å². The van der Waals surface area contributed by atoms with Gasteiger partial charge in [0.1, 0.15) is 6.04 Å². The average Bonchev–Trinajstić information content (AvgIpc) is 2.02. The van der Waals surface area contributed by atoms with Crippen molar-refractivity contribution < 1.29 is 14.7 Å². The number of hydrogen-bond donors (Lipinski definition) is 3. The maximum absolute atomic E-state index is 11.1. The maximum atomic E-state index is 11.1. The second-order valence-corrected chi connectivity index (χ2v) is 3.49. The van der Waals surface area contributed by atoms with Crippen LogP contribution in [0.2, 0.25) is 0 Å². The fourth-order valence-corrected chi connectivity index (χ4v) is 0.884. The molecule has 0 aliphatic carbocycles. The van der Waals surface area contributed by atoms with Crippen molar-refractivity contribution >= 4 is 11.9 Å². The van der Waals surface area contributed by atoms with Crippen molar-refractivity contribution in [1.29, 1.82) is 0 Å². The quantitative estimate of drug-likeness (QED) is 0.565. The van der Waals surface area contributed by atoms with E-state index in [1.165, 1.54) is 0 Å². The van der Waals surface area contributed by atoms with Crippen molar-refractivity contribution in [3.63, 3.8) is 0 Å². The molecule has 0 aromatic rings. The summed E-state index contributed by atoms with van der Waals surface area (Å²) in [6.45, 7) is 5.69. The van der Waals surface area contributed by atoms with Gasteiger partial charge in [0.15, 0.2) is 0 Å². The number of carboxylic acid groups (broad SMARTS) is 1. The fraction of sp³-hybridized carbons (Fsp3) is 0.778. The number of nitrogens with one attached hydrogen (secondary N) is 2. The summed E-state index contributed by atoms with van der Waals surface area (Å²) in [4.78, 5) is 21.5. The zero-order valence-corrected chi connectivity index (χ0v) is 8.83. The van der Waals surface area contributed by atoms with Gasteiger partial charge in [-0.1, -0.05) is 0 Å². The number of amides is 1. The van der Waals surface area contributed by atoms with Crippen molar-refractivity contribution in [2.24, 2.45) is 0 Å². The zero-order valence-electron chi connectivity index (χ0n) is 8.83. The van der Waals surface area contributed by atoms with Gasteiger partial charge >= 0.3 is 5.97 Å². The molecule has 0 saturated heterocycles. The summed E-state index contributed by atoms with van der Waals surface area (Å²) >= 11 is 0. The van der Waals surface area contributed by atoms with Crippen LogP contribution >= 0.6 is 0 Å². The summed E-state index contributed by atoms with van der Waals surface area (Å²) in [6, 6.07) is -0.485. The minimum absolute atomic E-state index is 0.0647. The van der Waals surface area contributed by atoms with Crippen LogP contribution in [0.25, 0.3) is 0 Å². The second kappa shape index (κ2) is 6.37. The summed E-state index contributed by atoms with van der Waals surface area (Å²) in [6.07, 6.45) is 0.301. The third kappa shape index (κ3) is 6.42. The molecule has 0 spiro atoms. The van der Waals surface area contributed by atoms with Gasteiger partial charge in [0.25, 0.3) is 0 Å². The first kappa shape index (κ1) is 12.9. The molecule has 1 atom stereocenters. The largest absolute Gasteiger partial charge is 0.480 e. The van der Waals surface area contributed by atoms with Crippen LogP contribution in [0.3, 0.4) is 0 Å². The highest BCUT2D eigenvalue weighted by Gasteiger charge is 2.10. The number of aliphatic carboxylic acids is 1. The summed E-state index contributed by atoms with van der Waals surface area (Å²) in [5, 5.41) is 14.0. The molecule has 0 rings (SSSR count). The van der Waals surface area contributed by atoms with Crippen LogP contribution in [0.1, 0.15) is 27.2 Å². The molecule has 5 nitrogen and oxygen atoms in total. The van der Waals surface area contributed by atoms with Crippen LogP contribution in [0.15, 0.2) is 0 Å². The van der Waals surface area contributed by atoms with Crippen LogP contribution in [0.5, 0.6) is 0 Å². The predicted octanol–water partition coefficient (Wildman–Crippen LogP) is -0.0362. The molecule has 0 aromatic carbocycles. The van der Waals surface area contributed by atoms with Crippen molar-refractivity contribution in [2.45, 2.75) is 39.3 Å². The third-order valence-electron chi connectivity index (χ3n) is 1.62. The summed E-state index contributed by atoms with van der Waals surface area (Å²) in [7, 11) is 0. The minimum atomic E-state index is -0.908. The van der Waals surface area contributed by atoms with Gasteiger partial charge in [-0.15, -0.1) is 0 Å². The number of hydrogen-bond acceptors (Lipinski definition) is 3. The molecular formula is C9H18N2O3. The minimum Gasteiger partial charge on any atom is -0.480 e. The van der Waals surface area contributed by atoms with E-state index >= 15 is 0 Å². The molecule has 0 saturated carbocycles. The zero-order chi connectivity index (χ0) is 11.1. The van der Waals surface area contributed by atoms with E-state index in [4.69, 9.17) is 5.11 Å². The van der Waals surface area contributed by atoms with E-state index < -0.39 is 12.0 Å². The van der Waals surface area contributed by atoms with E-state index in [2.05, 4.69) is 10.6 Å². The van der Waals surface area contributed by atoms with E-state index in [0.717, 1.165) is 0 Å². The molecule has 0 aliphatic heterocycles. The van der Waals surface area contributed by atoms with Gasteiger partial charge in [-0.05, 0) is 20.8 Å². The Bertz CT molecular complexity index is 204. The number of carbonyl (C=O) groups excluding carboxylic acids is 1. The smallest absolute Gasteiger partial charge is 0.320 e. The second-order valence-electron chi connectivity index (χ2n) is 3.49. The highest BCUT2D eigenvalue weighted by Crippen LogP contribution is 1.85. The van der Waals surface area contributed by atoms with Crippen molar-refractivity contribution in [3.05, 3.63) is 0 Å². The Morgan fingerprint density at radius 2 is 1.86 bits per heavy atom. The normalized spacial score (nSPS) is 12.6. The first-order chi connectivity index (χ1) is 6.43. The standard InChI is InChI=1S/C9H18N2O3/c1-6(2)11-8(12)4-5-10-7(3)9(13)14/h6-7,10H,4-5H2,1-3H3,(H,11,12)(H,13,14). The molecule has 0 aliphatic rings. The molecule has 0 aromatic heterocycles. The average molecular weight is 202 g/mol. The van der Waals surface area contributed by atoms with Gasteiger partial charge in [-0.25, -0.2) is 0 Å². The highest BCUT2D eigenvalue weighted by atomic mass is 16.4. The highest BCUT2D eigenvalue weighted by molar-refractivity contribution is 5.76. The monoisotopic (exact) mass is 202 g/mol.